The van der Waals surface area contributed by atoms with Gasteiger partial charge in [0, 0.05) is 42.5 Å². The average molecular weight is 409 g/mol. The highest BCUT2D eigenvalue weighted by molar-refractivity contribution is 6.36. The Morgan fingerprint density at radius 1 is 1.31 bits per heavy atom. The first kappa shape index (κ1) is 19.6. The zero-order chi connectivity index (χ0) is 20.4. The number of anilines is 1. The molecule has 2 amide bonds. The molecule has 1 aliphatic rings. The summed E-state index contributed by atoms with van der Waals surface area (Å²) in [7, 11) is 6.06. The highest BCUT2D eigenvalue weighted by atomic mass is 35.5. The lowest BCUT2D eigenvalue weighted by Gasteiger charge is -2.30. The molecule has 3 N–H and O–H groups in total. The molecule has 3 aromatic rings. The number of halogens is 1. The standard InChI is InChI=1S/C20H22BClN6O/c21-15-12-25-28-18(24-8-5-13-6-9-27(10-7-13)20(23)29)11-17(26-19(15)28)14-3-1-2-4-16(14)22/h1-4,11-13,24H,5-10H2,(H2,23,29). The van der Waals surface area contributed by atoms with Gasteiger partial charge in [-0.25, -0.2) is 9.78 Å². The van der Waals surface area contributed by atoms with Gasteiger partial charge >= 0.3 is 6.03 Å². The molecule has 0 unspecified atom stereocenters. The number of primary amides is 1. The number of nitrogens with zero attached hydrogens (tertiary/aromatic N) is 4. The van der Waals surface area contributed by atoms with Crippen molar-refractivity contribution in [1.82, 2.24) is 19.5 Å². The third-order valence-corrected chi connectivity index (χ3v) is 5.76. The Bertz CT molecular complexity index is 1030. The van der Waals surface area contributed by atoms with Gasteiger partial charge in [0.2, 0.25) is 0 Å². The van der Waals surface area contributed by atoms with Gasteiger partial charge in [0.15, 0.2) is 5.65 Å². The number of amides is 2. The fourth-order valence-electron chi connectivity index (χ4n) is 3.76. The smallest absolute Gasteiger partial charge is 0.314 e. The summed E-state index contributed by atoms with van der Waals surface area (Å²) in [6.45, 7) is 2.24. The van der Waals surface area contributed by atoms with E-state index in [1.807, 2.05) is 30.3 Å². The lowest BCUT2D eigenvalue weighted by Crippen LogP contribution is -2.41. The Kier molecular flexibility index (Phi) is 5.62. The van der Waals surface area contributed by atoms with Crippen molar-refractivity contribution < 1.29 is 4.79 Å². The van der Waals surface area contributed by atoms with Crippen molar-refractivity contribution >= 4 is 42.4 Å². The summed E-state index contributed by atoms with van der Waals surface area (Å²) in [4.78, 5) is 17.6. The van der Waals surface area contributed by atoms with Crippen LogP contribution in [0.3, 0.4) is 0 Å². The number of fused-ring (bicyclic) bond motifs is 1. The third-order valence-electron chi connectivity index (χ3n) is 5.43. The molecule has 0 atom stereocenters. The molecule has 0 bridgehead atoms. The minimum Gasteiger partial charge on any atom is -0.370 e. The van der Waals surface area contributed by atoms with Gasteiger partial charge in [-0.1, -0.05) is 29.8 Å². The normalized spacial score (nSPS) is 15.0. The largest absolute Gasteiger partial charge is 0.370 e. The summed E-state index contributed by atoms with van der Waals surface area (Å²) in [5.41, 5.74) is 8.06. The monoisotopic (exact) mass is 408 g/mol. The van der Waals surface area contributed by atoms with Gasteiger partial charge in [0.05, 0.1) is 5.69 Å². The van der Waals surface area contributed by atoms with E-state index in [0.29, 0.717) is 22.1 Å². The van der Waals surface area contributed by atoms with E-state index in [4.69, 9.17) is 25.2 Å². The molecule has 148 valence electrons. The number of hydrogen-bond donors (Lipinski definition) is 2. The average Bonchev–Trinajstić information content (AvgIpc) is 3.10. The van der Waals surface area contributed by atoms with Gasteiger partial charge in [-0.3, -0.25) is 0 Å². The van der Waals surface area contributed by atoms with Gasteiger partial charge in [-0.15, -0.1) is 0 Å². The summed E-state index contributed by atoms with van der Waals surface area (Å²) in [5.74, 6) is 1.37. The Hall–Kier alpha value is -2.74. The van der Waals surface area contributed by atoms with E-state index in [1.165, 1.54) is 0 Å². The number of rotatable bonds is 5. The number of piperidine rings is 1. The molecule has 1 fully saturated rings. The third kappa shape index (κ3) is 4.17. The summed E-state index contributed by atoms with van der Waals surface area (Å²) >= 11 is 6.36. The van der Waals surface area contributed by atoms with Gasteiger partial charge in [0.1, 0.15) is 13.7 Å². The topological polar surface area (TPSA) is 88.5 Å². The summed E-state index contributed by atoms with van der Waals surface area (Å²) in [6, 6.07) is 9.21. The second kappa shape index (κ2) is 8.33. The number of carbonyl (C=O) groups is 1. The Morgan fingerprint density at radius 2 is 2.07 bits per heavy atom. The van der Waals surface area contributed by atoms with Crippen molar-refractivity contribution in [3.05, 3.63) is 41.6 Å². The van der Waals surface area contributed by atoms with Crippen LogP contribution >= 0.6 is 11.6 Å². The predicted octanol–water partition coefficient (Wildman–Crippen LogP) is 2.44. The van der Waals surface area contributed by atoms with Crippen molar-refractivity contribution in [3.8, 4) is 11.3 Å². The molecule has 0 aliphatic carbocycles. The fraction of sp³-hybridized carbons (Fsp3) is 0.350. The van der Waals surface area contributed by atoms with Gasteiger partial charge in [-0.2, -0.15) is 9.61 Å². The molecular formula is C20H22BClN6O. The van der Waals surface area contributed by atoms with Crippen molar-refractivity contribution in [2.24, 2.45) is 11.7 Å². The molecular weight excluding hydrogens is 387 g/mol. The van der Waals surface area contributed by atoms with E-state index in [0.717, 1.165) is 56.0 Å². The fourth-order valence-corrected chi connectivity index (χ4v) is 3.99. The van der Waals surface area contributed by atoms with Crippen LogP contribution in [0.2, 0.25) is 5.02 Å². The summed E-state index contributed by atoms with van der Waals surface area (Å²) in [5, 5.41) is 8.45. The maximum absolute atomic E-state index is 11.3. The zero-order valence-electron chi connectivity index (χ0n) is 16.0. The van der Waals surface area contributed by atoms with Crippen LogP contribution in [0.15, 0.2) is 36.5 Å². The minimum atomic E-state index is -0.330. The van der Waals surface area contributed by atoms with Crippen molar-refractivity contribution in [2.75, 3.05) is 25.0 Å². The number of urea groups is 1. The molecule has 1 aliphatic heterocycles. The van der Waals surface area contributed by atoms with E-state index in [2.05, 4.69) is 15.4 Å². The highest BCUT2D eigenvalue weighted by Gasteiger charge is 2.21. The van der Waals surface area contributed by atoms with E-state index in [-0.39, 0.29) is 6.03 Å². The summed E-state index contributed by atoms with van der Waals surface area (Å²) < 4.78 is 1.71. The van der Waals surface area contributed by atoms with Crippen LogP contribution in [-0.2, 0) is 0 Å². The maximum Gasteiger partial charge on any atom is 0.314 e. The van der Waals surface area contributed by atoms with E-state index < -0.39 is 0 Å². The molecule has 29 heavy (non-hydrogen) atoms. The molecule has 3 heterocycles. The first-order valence-corrected chi connectivity index (χ1v) is 10.1. The van der Waals surface area contributed by atoms with Crippen LogP contribution in [0.5, 0.6) is 0 Å². The lowest BCUT2D eigenvalue weighted by molar-refractivity contribution is 0.177. The van der Waals surface area contributed by atoms with Gasteiger partial charge < -0.3 is 16.0 Å². The first-order chi connectivity index (χ1) is 14.0. The molecule has 1 aromatic carbocycles. The number of benzene rings is 1. The van der Waals surface area contributed by atoms with E-state index in [1.54, 1.807) is 15.6 Å². The lowest BCUT2D eigenvalue weighted by atomic mass is 9.94. The van der Waals surface area contributed by atoms with Crippen LogP contribution in [-0.4, -0.2) is 53.0 Å². The van der Waals surface area contributed by atoms with Gasteiger partial charge in [0.25, 0.3) is 0 Å². The number of carbonyl (C=O) groups excluding carboxylic acids is 1. The second-order valence-corrected chi connectivity index (χ2v) is 7.73. The maximum atomic E-state index is 11.3. The number of nitrogens with two attached hydrogens (primary N) is 1. The zero-order valence-corrected chi connectivity index (χ0v) is 16.8. The minimum absolute atomic E-state index is 0.330. The van der Waals surface area contributed by atoms with Crippen LogP contribution in [0, 0.1) is 5.92 Å². The predicted molar refractivity (Wildman–Crippen MR) is 116 cm³/mol. The number of nitrogens with one attached hydrogen (secondary N) is 1. The molecule has 0 saturated carbocycles. The van der Waals surface area contributed by atoms with E-state index >= 15 is 0 Å². The molecule has 2 aromatic heterocycles. The molecule has 2 radical (unpaired) electrons. The number of aromatic nitrogens is 3. The van der Waals surface area contributed by atoms with Crippen LogP contribution in [0.1, 0.15) is 19.3 Å². The van der Waals surface area contributed by atoms with Crippen molar-refractivity contribution in [3.63, 3.8) is 0 Å². The molecule has 9 heteroatoms. The molecule has 4 rings (SSSR count). The molecule has 0 spiro atoms. The quantitative estimate of drug-likeness (QED) is 0.635. The number of likely N-dealkylation sites (tertiary alicyclic amines) is 1. The Balaban J connectivity index is 1.50. The molecule has 7 nitrogen and oxygen atoms in total. The van der Waals surface area contributed by atoms with Gasteiger partial charge in [-0.05, 0) is 36.7 Å². The van der Waals surface area contributed by atoms with Crippen LogP contribution in [0.25, 0.3) is 16.9 Å². The van der Waals surface area contributed by atoms with Crippen molar-refractivity contribution in [2.45, 2.75) is 19.3 Å². The SMILES string of the molecule is [B]c1cnn2c(NCCC3CCN(C(N)=O)CC3)cc(-c3ccccc3Cl)nc12. The first-order valence-electron chi connectivity index (χ1n) is 9.70. The van der Waals surface area contributed by atoms with Crippen LogP contribution < -0.4 is 16.5 Å². The number of hydrogen-bond acceptors (Lipinski definition) is 4. The van der Waals surface area contributed by atoms with E-state index in [9.17, 15) is 4.79 Å². The second-order valence-electron chi connectivity index (χ2n) is 7.33. The summed E-state index contributed by atoms with van der Waals surface area (Å²) in [6.07, 6.45) is 4.53. The van der Waals surface area contributed by atoms with Crippen LogP contribution in [0.4, 0.5) is 10.6 Å². The molecule has 1 saturated heterocycles. The van der Waals surface area contributed by atoms with Crippen molar-refractivity contribution in [1.29, 1.82) is 0 Å². The highest BCUT2D eigenvalue weighted by Crippen LogP contribution is 2.28. The Labute approximate surface area is 175 Å². The Morgan fingerprint density at radius 3 is 2.79 bits per heavy atom.